The highest BCUT2D eigenvalue weighted by Gasteiger charge is 2.56. The molecule has 0 aromatic carbocycles. The summed E-state index contributed by atoms with van der Waals surface area (Å²) in [6.07, 6.45) is 6.33. The van der Waals surface area contributed by atoms with Crippen LogP contribution in [0.3, 0.4) is 0 Å². The minimum Gasteiger partial charge on any atom is -0.434 e. The SMILES string of the molecule is CC1(C)O[C@@H]2[C@H](O1)[C@@H](COC[P+]1(O)OCOC(=O)C(C)(C)COCC=CCOCC(C)(C)C(=O)OCO1)O[C@H]2n1ccc2c(NC3CCCC3)c(C#N)c(Cl)nc21. The van der Waals surface area contributed by atoms with E-state index in [4.69, 9.17) is 58.5 Å². The monoisotopic (exact) mass is 839 g/mol. The van der Waals surface area contributed by atoms with Crippen LogP contribution in [0, 0.1) is 22.2 Å². The van der Waals surface area contributed by atoms with Crippen LogP contribution in [0.4, 0.5) is 5.69 Å². The highest BCUT2D eigenvalue weighted by molar-refractivity contribution is 7.60. The number of hydrogen-bond acceptors (Lipinski definition) is 16. The smallest absolute Gasteiger partial charge is 0.434 e. The molecule has 3 aliphatic heterocycles. The fraction of sp³-hybridized carbons (Fsp3) is 0.684. The lowest BCUT2D eigenvalue weighted by molar-refractivity contribution is -0.201. The molecule has 6 rings (SSSR count). The lowest BCUT2D eigenvalue weighted by Crippen LogP contribution is -2.34. The number of halogens is 1. The molecule has 0 amide bonds. The van der Waals surface area contributed by atoms with E-state index in [1.54, 1.807) is 53.7 Å². The summed E-state index contributed by atoms with van der Waals surface area (Å²) in [5, 5.41) is 14.3. The number of fused-ring (bicyclic) bond motifs is 2. The van der Waals surface area contributed by atoms with Crippen molar-refractivity contribution in [2.75, 3.05) is 58.3 Å². The average molecular weight is 840 g/mol. The molecule has 2 aromatic rings. The Kier molecular flexibility index (Phi) is 13.8. The Labute approximate surface area is 337 Å². The first-order valence-electron chi connectivity index (χ1n) is 19.0. The third-order valence-corrected chi connectivity index (χ3v) is 11.9. The van der Waals surface area contributed by atoms with E-state index < -0.39 is 81.0 Å². The zero-order valence-electron chi connectivity index (χ0n) is 33.2. The van der Waals surface area contributed by atoms with E-state index in [1.807, 2.05) is 16.8 Å². The molecule has 0 radical (unpaired) electrons. The van der Waals surface area contributed by atoms with Gasteiger partial charge in [0.1, 0.15) is 35.6 Å². The van der Waals surface area contributed by atoms with Crippen molar-refractivity contribution in [3.8, 4) is 6.07 Å². The van der Waals surface area contributed by atoms with Gasteiger partial charge in [-0.1, -0.05) is 36.6 Å². The highest BCUT2D eigenvalue weighted by atomic mass is 35.5. The second kappa shape index (κ2) is 18.1. The molecule has 4 atom stereocenters. The van der Waals surface area contributed by atoms with Crippen molar-refractivity contribution in [2.45, 2.75) is 104 Å². The number of nitrogens with one attached hydrogen (secondary N) is 1. The molecule has 57 heavy (non-hydrogen) atoms. The quantitative estimate of drug-likeness (QED) is 0.148. The Morgan fingerprint density at radius 3 is 2.18 bits per heavy atom. The number of rotatable bonds is 7. The van der Waals surface area contributed by atoms with Crippen molar-refractivity contribution in [1.82, 2.24) is 9.55 Å². The van der Waals surface area contributed by atoms with Crippen LogP contribution < -0.4 is 5.32 Å². The van der Waals surface area contributed by atoms with Gasteiger partial charge in [0.15, 0.2) is 17.2 Å². The van der Waals surface area contributed by atoms with Gasteiger partial charge in [-0.05, 0) is 60.5 Å². The van der Waals surface area contributed by atoms with E-state index in [9.17, 15) is 19.7 Å². The number of carbonyl (C=O) groups is 2. The van der Waals surface area contributed by atoms with E-state index in [0.717, 1.165) is 25.7 Å². The fourth-order valence-electron chi connectivity index (χ4n) is 7.02. The maximum Gasteiger partial charge on any atom is 0.443 e. The number of pyridine rings is 1. The molecule has 3 fully saturated rings. The first-order chi connectivity index (χ1) is 27.0. The van der Waals surface area contributed by atoms with Crippen molar-refractivity contribution in [2.24, 2.45) is 10.8 Å². The maximum absolute atomic E-state index is 12.9. The molecule has 2 saturated heterocycles. The number of aromatic nitrogens is 2. The van der Waals surface area contributed by atoms with Crippen molar-refractivity contribution in [3.63, 3.8) is 0 Å². The number of nitrogens with zero attached hydrogens (tertiary/aromatic N) is 3. The van der Waals surface area contributed by atoms with Gasteiger partial charge in [0.05, 0.1) is 49.6 Å². The summed E-state index contributed by atoms with van der Waals surface area (Å²) < 4.78 is 60.1. The van der Waals surface area contributed by atoms with Crippen LogP contribution in [0.15, 0.2) is 24.4 Å². The van der Waals surface area contributed by atoms with E-state index >= 15 is 0 Å². The summed E-state index contributed by atoms with van der Waals surface area (Å²) in [5.41, 5.74) is -0.664. The minimum atomic E-state index is -4.00. The van der Waals surface area contributed by atoms with E-state index in [2.05, 4.69) is 16.4 Å². The predicted molar refractivity (Wildman–Crippen MR) is 205 cm³/mol. The summed E-state index contributed by atoms with van der Waals surface area (Å²) in [7, 11) is -4.00. The van der Waals surface area contributed by atoms with Crippen LogP contribution in [0.2, 0.25) is 5.15 Å². The fourth-order valence-corrected chi connectivity index (χ4v) is 8.23. The standard InChI is InChI=1S/C38H53ClN4O13P/c1-36(2)19-47-15-9-10-16-48-20-37(3,4)35(45)51-22-53-57(46,52-21-50-34(36)44)23-49-18-27-29-30(56-38(5,6)55-29)33(54-27)43-14-13-25-28(41-24-11-7-8-12-24)26(17-40)31(39)42-32(25)43/h9-10,13-14,24,27,29-30,33,46H,7-8,11-12,15-16,18-23H2,1-6H3,(H,41,42)/q+1/t27-,29-,30-,33-/m1/s1. The minimum absolute atomic E-state index is 0.0554. The molecule has 19 heteroatoms. The Balaban J connectivity index is 1.17. The zero-order valence-corrected chi connectivity index (χ0v) is 34.8. The van der Waals surface area contributed by atoms with Gasteiger partial charge >= 0.3 is 19.9 Å². The number of ether oxygens (including phenoxy) is 8. The number of carbonyl (C=O) groups excluding carboxylic acids is 2. The Morgan fingerprint density at radius 2 is 1.58 bits per heavy atom. The number of esters is 2. The molecule has 4 aliphatic rings. The highest BCUT2D eigenvalue weighted by Crippen LogP contribution is 2.57. The first-order valence-corrected chi connectivity index (χ1v) is 21.2. The molecule has 1 saturated carbocycles. The van der Waals surface area contributed by atoms with Crippen LogP contribution in [0.1, 0.15) is 79.0 Å². The average Bonchev–Trinajstić information content (AvgIpc) is 3.94. The van der Waals surface area contributed by atoms with Gasteiger partial charge in [-0.3, -0.25) is 9.59 Å². The maximum atomic E-state index is 12.9. The van der Waals surface area contributed by atoms with Crippen molar-refractivity contribution >= 4 is 48.2 Å². The molecule has 5 heterocycles. The summed E-state index contributed by atoms with van der Waals surface area (Å²) in [5.74, 6) is -2.24. The summed E-state index contributed by atoms with van der Waals surface area (Å²) >= 11 is 6.60. The van der Waals surface area contributed by atoms with Crippen LogP contribution in [-0.4, -0.2) is 109 Å². The molecule has 0 unspecified atom stereocenters. The van der Waals surface area contributed by atoms with Gasteiger partial charge < -0.3 is 47.8 Å². The van der Waals surface area contributed by atoms with E-state index in [-0.39, 0.29) is 49.8 Å². The Morgan fingerprint density at radius 1 is 0.982 bits per heavy atom. The number of cyclic esters (lactones) is 2. The van der Waals surface area contributed by atoms with Crippen LogP contribution in [-0.2, 0) is 56.5 Å². The summed E-state index contributed by atoms with van der Waals surface area (Å²) in [4.78, 5) is 42.0. The van der Waals surface area contributed by atoms with E-state index in [1.165, 1.54) is 0 Å². The Bertz CT molecular complexity index is 1780. The second-order valence-corrected chi connectivity index (χ2v) is 18.7. The third-order valence-electron chi connectivity index (χ3n) is 10.1. The molecular formula is C38H53ClN4O13P+. The van der Waals surface area contributed by atoms with Gasteiger partial charge in [0, 0.05) is 17.6 Å². The number of anilines is 1. The largest absolute Gasteiger partial charge is 0.443 e. The first kappa shape index (κ1) is 43.6. The molecule has 17 nitrogen and oxygen atoms in total. The van der Waals surface area contributed by atoms with Gasteiger partial charge in [0.2, 0.25) is 19.9 Å². The van der Waals surface area contributed by atoms with Crippen molar-refractivity contribution in [3.05, 3.63) is 35.1 Å². The summed E-state index contributed by atoms with van der Waals surface area (Å²) in [6, 6.07) is 4.29. The number of hydrogen-bond donors (Lipinski definition) is 2. The topological polar surface area (TPSA) is 200 Å². The third kappa shape index (κ3) is 10.4. The van der Waals surface area contributed by atoms with Gasteiger partial charge in [0.25, 0.3) is 0 Å². The molecule has 0 spiro atoms. The normalized spacial score (nSPS) is 28.5. The van der Waals surface area contributed by atoms with Gasteiger partial charge in [-0.2, -0.15) is 10.2 Å². The van der Waals surface area contributed by atoms with Gasteiger partial charge in [-0.25, -0.2) is 4.98 Å². The van der Waals surface area contributed by atoms with E-state index in [0.29, 0.717) is 16.7 Å². The Hall–Kier alpha value is -2.98. The predicted octanol–water partition coefficient (Wildman–Crippen LogP) is 5.75. The molecule has 1 aliphatic carbocycles. The molecule has 2 aromatic heterocycles. The van der Waals surface area contributed by atoms with Crippen LogP contribution in [0.5, 0.6) is 0 Å². The molecule has 2 N–H and O–H groups in total. The van der Waals surface area contributed by atoms with Crippen molar-refractivity contribution < 1.29 is 61.4 Å². The lowest BCUT2D eigenvalue weighted by atomic mass is 9.95. The lowest BCUT2D eigenvalue weighted by Gasteiger charge is -2.25. The zero-order chi connectivity index (χ0) is 41.0. The molecular weight excluding hydrogens is 787 g/mol. The molecule has 0 bridgehead atoms. The van der Waals surface area contributed by atoms with Crippen LogP contribution in [0.25, 0.3) is 11.0 Å². The molecule has 314 valence electrons. The van der Waals surface area contributed by atoms with Crippen LogP contribution >= 0.6 is 19.5 Å². The van der Waals surface area contributed by atoms with Gasteiger partial charge in [-0.15, -0.1) is 9.05 Å². The number of nitriles is 1. The second-order valence-electron chi connectivity index (χ2n) is 16.2. The van der Waals surface area contributed by atoms with Crippen molar-refractivity contribution in [1.29, 1.82) is 5.26 Å². The summed E-state index contributed by atoms with van der Waals surface area (Å²) in [6.45, 7) is 9.32.